The number of benzene rings is 4. The monoisotopic (exact) mass is 491 g/mol. The van der Waals surface area contributed by atoms with Crippen LogP contribution in [0.5, 0.6) is 0 Å². The number of carbonyl (C=O) groups excluding carboxylic acids is 2. The SMILES string of the molecule is COC(=O)C(C)C(NC1(c2ccccc2)c2ccccc2-c2ccccc21)C(=O)OCc1ccccc1. The molecule has 37 heavy (non-hydrogen) atoms. The van der Waals surface area contributed by atoms with Gasteiger partial charge in [-0.15, -0.1) is 0 Å². The largest absolute Gasteiger partial charge is 0.469 e. The molecule has 186 valence electrons. The predicted octanol–water partition coefficient (Wildman–Crippen LogP) is 5.47. The Balaban J connectivity index is 1.63. The van der Waals surface area contributed by atoms with Crippen molar-refractivity contribution in [1.82, 2.24) is 5.32 Å². The molecule has 0 amide bonds. The Morgan fingerprint density at radius 3 is 1.81 bits per heavy atom. The number of ether oxygens (including phenoxy) is 2. The highest BCUT2D eigenvalue weighted by atomic mass is 16.5. The molecule has 4 aromatic carbocycles. The molecule has 0 heterocycles. The molecule has 0 saturated heterocycles. The first-order valence-corrected chi connectivity index (χ1v) is 12.4. The van der Waals surface area contributed by atoms with Crippen LogP contribution in [0.15, 0.2) is 109 Å². The second kappa shape index (κ2) is 10.4. The van der Waals surface area contributed by atoms with E-state index in [2.05, 4.69) is 29.6 Å². The summed E-state index contributed by atoms with van der Waals surface area (Å²) in [6.07, 6.45) is 0. The fourth-order valence-electron chi connectivity index (χ4n) is 5.23. The summed E-state index contributed by atoms with van der Waals surface area (Å²) in [6.45, 7) is 1.80. The minimum absolute atomic E-state index is 0.108. The van der Waals surface area contributed by atoms with Crippen LogP contribution >= 0.6 is 0 Å². The minimum Gasteiger partial charge on any atom is -0.469 e. The van der Waals surface area contributed by atoms with Gasteiger partial charge in [-0.2, -0.15) is 0 Å². The Morgan fingerprint density at radius 1 is 0.730 bits per heavy atom. The average molecular weight is 492 g/mol. The number of methoxy groups -OCH3 is 1. The van der Waals surface area contributed by atoms with Crippen LogP contribution in [0.25, 0.3) is 11.1 Å². The highest BCUT2D eigenvalue weighted by Gasteiger charge is 2.48. The van der Waals surface area contributed by atoms with E-state index in [9.17, 15) is 9.59 Å². The van der Waals surface area contributed by atoms with Gasteiger partial charge in [0.05, 0.1) is 18.6 Å². The number of hydrogen-bond donors (Lipinski definition) is 1. The van der Waals surface area contributed by atoms with Crippen molar-refractivity contribution in [3.05, 3.63) is 131 Å². The lowest BCUT2D eigenvalue weighted by molar-refractivity contribution is -0.157. The van der Waals surface area contributed by atoms with Gasteiger partial charge in [0.25, 0.3) is 0 Å². The van der Waals surface area contributed by atoms with E-state index in [1.807, 2.05) is 84.9 Å². The van der Waals surface area contributed by atoms with Crippen LogP contribution in [-0.2, 0) is 31.2 Å². The standard InChI is InChI=1S/C32H29NO4/c1-22(30(34)36-2)29(31(35)37-21-23-13-5-3-6-14-23)33-32(24-15-7-4-8-16-24)27-19-11-9-17-25(27)26-18-10-12-20-28(26)32/h3-20,22,29,33H,21H2,1-2H3. The molecule has 4 aromatic rings. The normalized spacial score (nSPS) is 14.6. The Labute approximate surface area is 217 Å². The number of carbonyl (C=O) groups is 2. The lowest BCUT2D eigenvalue weighted by Crippen LogP contribution is -2.56. The number of rotatable bonds is 8. The summed E-state index contributed by atoms with van der Waals surface area (Å²) in [5.41, 5.74) is 5.14. The van der Waals surface area contributed by atoms with E-state index in [1.165, 1.54) is 7.11 Å². The molecule has 0 fully saturated rings. The lowest BCUT2D eigenvalue weighted by atomic mass is 9.79. The van der Waals surface area contributed by atoms with E-state index in [1.54, 1.807) is 6.92 Å². The molecule has 0 aromatic heterocycles. The molecule has 1 aliphatic rings. The van der Waals surface area contributed by atoms with Crippen molar-refractivity contribution in [2.45, 2.75) is 25.1 Å². The molecule has 0 spiro atoms. The number of nitrogens with one attached hydrogen (secondary N) is 1. The Kier molecular flexibility index (Phi) is 6.89. The fourth-order valence-corrected chi connectivity index (χ4v) is 5.23. The van der Waals surface area contributed by atoms with Gasteiger partial charge in [-0.3, -0.25) is 14.9 Å². The van der Waals surface area contributed by atoms with E-state index in [4.69, 9.17) is 9.47 Å². The van der Waals surface area contributed by atoms with Gasteiger partial charge in [-0.1, -0.05) is 109 Å². The van der Waals surface area contributed by atoms with Gasteiger partial charge in [-0.05, 0) is 40.3 Å². The average Bonchev–Trinajstić information content (AvgIpc) is 3.25. The van der Waals surface area contributed by atoms with Crippen LogP contribution in [0, 0.1) is 5.92 Å². The molecule has 5 heteroatoms. The zero-order valence-electron chi connectivity index (χ0n) is 20.9. The van der Waals surface area contributed by atoms with Crippen LogP contribution in [0.4, 0.5) is 0 Å². The third kappa shape index (κ3) is 4.43. The van der Waals surface area contributed by atoms with Crippen LogP contribution < -0.4 is 5.32 Å². The maximum Gasteiger partial charge on any atom is 0.324 e. The molecular formula is C32H29NO4. The lowest BCUT2D eigenvalue weighted by Gasteiger charge is -2.38. The molecule has 5 nitrogen and oxygen atoms in total. The van der Waals surface area contributed by atoms with Crippen molar-refractivity contribution in [2.75, 3.05) is 7.11 Å². The molecule has 0 saturated carbocycles. The highest BCUT2D eigenvalue weighted by molar-refractivity contribution is 5.87. The summed E-state index contributed by atoms with van der Waals surface area (Å²) in [5, 5.41) is 3.63. The summed E-state index contributed by atoms with van der Waals surface area (Å²) in [6, 6.07) is 34.9. The first-order chi connectivity index (χ1) is 18.1. The van der Waals surface area contributed by atoms with Crippen LogP contribution in [0.2, 0.25) is 0 Å². The molecule has 1 aliphatic carbocycles. The zero-order valence-corrected chi connectivity index (χ0v) is 20.9. The van der Waals surface area contributed by atoms with E-state index < -0.39 is 29.4 Å². The predicted molar refractivity (Wildman–Crippen MR) is 143 cm³/mol. The van der Waals surface area contributed by atoms with Crippen molar-refractivity contribution in [3.8, 4) is 11.1 Å². The molecule has 0 radical (unpaired) electrons. The van der Waals surface area contributed by atoms with Crippen molar-refractivity contribution in [2.24, 2.45) is 5.92 Å². The van der Waals surface area contributed by atoms with E-state index in [-0.39, 0.29) is 6.61 Å². The van der Waals surface area contributed by atoms with Gasteiger partial charge >= 0.3 is 11.9 Å². The van der Waals surface area contributed by atoms with E-state index in [0.29, 0.717) is 0 Å². The molecule has 1 N–H and O–H groups in total. The van der Waals surface area contributed by atoms with E-state index >= 15 is 0 Å². The third-order valence-corrected chi connectivity index (χ3v) is 7.08. The molecule has 5 rings (SSSR count). The fraction of sp³-hybridized carbons (Fsp3) is 0.188. The summed E-state index contributed by atoms with van der Waals surface area (Å²) in [5.74, 6) is -1.80. The quantitative estimate of drug-likeness (QED) is 0.331. The van der Waals surface area contributed by atoms with Crippen molar-refractivity contribution < 1.29 is 19.1 Å². The Hall–Kier alpha value is -4.22. The Bertz CT molecular complexity index is 1360. The maximum atomic E-state index is 13.7. The van der Waals surface area contributed by atoms with Crippen molar-refractivity contribution in [3.63, 3.8) is 0 Å². The number of hydrogen-bond acceptors (Lipinski definition) is 5. The van der Waals surface area contributed by atoms with Gasteiger partial charge in [0.15, 0.2) is 0 Å². The number of fused-ring (bicyclic) bond motifs is 3. The van der Waals surface area contributed by atoms with Gasteiger partial charge in [0, 0.05) is 0 Å². The first-order valence-electron chi connectivity index (χ1n) is 12.4. The van der Waals surface area contributed by atoms with Crippen LogP contribution in [-0.4, -0.2) is 25.1 Å². The van der Waals surface area contributed by atoms with Crippen molar-refractivity contribution in [1.29, 1.82) is 0 Å². The molecular weight excluding hydrogens is 462 g/mol. The van der Waals surface area contributed by atoms with Crippen molar-refractivity contribution >= 4 is 11.9 Å². The summed E-state index contributed by atoms with van der Waals surface area (Å²) in [7, 11) is 1.33. The van der Waals surface area contributed by atoms with Gasteiger partial charge in [0.2, 0.25) is 0 Å². The van der Waals surface area contributed by atoms with Crippen LogP contribution in [0.3, 0.4) is 0 Å². The summed E-state index contributed by atoms with van der Waals surface area (Å²) >= 11 is 0. The smallest absolute Gasteiger partial charge is 0.324 e. The summed E-state index contributed by atoms with van der Waals surface area (Å²) in [4.78, 5) is 26.4. The molecule has 2 atom stereocenters. The third-order valence-electron chi connectivity index (χ3n) is 7.08. The van der Waals surface area contributed by atoms with E-state index in [0.717, 1.165) is 33.4 Å². The van der Waals surface area contributed by atoms with Gasteiger partial charge in [-0.25, -0.2) is 0 Å². The van der Waals surface area contributed by atoms with Crippen LogP contribution in [0.1, 0.15) is 29.2 Å². The number of esters is 2. The Morgan fingerprint density at radius 2 is 1.24 bits per heavy atom. The maximum absolute atomic E-state index is 13.7. The van der Waals surface area contributed by atoms with Gasteiger partial charge in [0.1, 0.15) is 12.6 Å². The second-order valence-corrected chi connectivity index (χ2v) is 9.23. The molecule has 0 bridgehead atoms. The highest BCUT2D eigenvalue weighted by Crippen LogP contribution is 2.51. The zero-order chi connectivity index (χ0) is 25.8. The molecule has 2 unspecified atom stereocenters. The van der Waals surface area contributed by atoms with Gasteiger partial charge < -0.3 is 9.47 Å². The summed E-state index contributed by atoms with van der Waals surface area (Å²) < 4.78 is 10.8. The first kappa shape index (κ1) is 24.5. The molecule has 0 aliphatic heterocycles. The topological polar surface area (TPSA) is 64.6 Å². The minimum atomic E-state index is -0.976. The second-order valence-electron chi connectivity index (χ2n) is 9.23.